The molecule has 0 bridgehead atoms. The van der Waals surface area contributed by atoms with Gasteiger partial charge in [-0.3, -0.25) is 0 Å². The first kappa shape index (κ1) is 15.0. The van der Waals surface area contributed by atoms with E-state index in [0.717, 1.165) is 25.4 Å². The number of likely N-dealkylation sites (N-methyl/N-ethyl adjacent to an activating group) is 1. The Morgan fingerprint density at radius 1 is 1.39 bits per heavy atom. The van der Waals surface area contributed by atoms with Crippen LogP contribution in [-0.4, -0.2) is 38.2 Å². The van der Waals surface area contributed by atoms with E-state index in [4.69, 9.17) is 4.74 Å². The molecule has 0 saturated heterocycles. The van der Waals surface area contributed by atoms with Gasteiger partial charge in [-0.15, -0.1) is 0 Å². The van der Waals surface area contributed by atoms with Crippen molar-refractivity contribution in [3.8, 4) is 5.75 Å². The van der Waals surface area contributed by atoms with Crippen LogP contribution in [0.5, 0.6) is 5.75 Å². The third-order valence-electron chi connectivity index (χ3n) is 2.91. The molecule has 0 saturated carbocycles. The summed E-state index contributed by atoms with van der Waals surface area (Å²) in [5.74, 6) is 0.929. The van der Waals surface area contributed by atoms with E-state index < -0.39 is 0 Å². The zero-order valence-electron chi connectivity index (χ0n) is 12.1. The fourth-order valence-corrected chi connectivity index (χ4v) is 2.07. The van der Waals surface area contributed by atoms with Gasteiger partial charge in [-0.25, -0.2) is 0 Å². The van der Waals surface area contributed by atoms with Gasteiger partial charge in [-0.1, -0.05) is 19.1 Å². The smallest absolute Gasteiger partial charge is 0.119 e. The second kappa shape index (κ2) is 8.11. The molecule has 1 unspecified atom stereocenters. The minimum Gasteiger partial charge on any atom is -0.497 e. The maximum absolute atomic E-state index is 5.24. The first-order valence-corrected chi connectivity index (χ1v) is 6.70. The van der Waals surface area contributed by atoms with E-state index in [1.165, 1.54) is 12.0 Å². The number of hydrogen-bond acceptors (Lipinski definition) is 3. The van der Waals surface area contributed by atoms with Gasteiger partial charge in [0.2, 0.25) is 0 Å². The second-order valence-electron chi connectivity index (χ2n) is 4.90. The third-order valence-corrected chi connectivity index (χ3v) is 2.91. The fourth-order valence-electron chi connectivity index (χ4n) is 2.07. The van der Waals surface area contributed by atoms with Crippen LogP contribution < -0.4 is 10.1 Å². The molecule has 0 radical (unpaired) electrons. The molecule has 0 fully saturated rings. The molecule has 0 aliphatic carbocycles. The standard InChI is InChI=1S/C15H26N2O/c1-5-9-16-13(2)11-17(3)12-14-7-6-8-15(10-14)18-4/h6-8,10,13,16H,5,9,11-12H2,1-4H3. The zero-order chi connectivity index (χ0) is 13.4. The van der Waals surface area contributed by atoms with Crippen molar-refractivity contribution in [3.63, 3.8) is 0 Å². The van der Waals surface area contributed by atoms with Crippen molar-refractivity contribution in [2.45, 2.75) is 32.9 Å². The van der Waals surface area contributed by atoms with Gasteiger partial charge in [0.1, 0.15) is 5.75 Å². The van der Waals surface area contributed by atoms with E-state index >= 15 is 0 Å². The third kappa shape index (κ3) is 5.52. The number of rotatable bonds is 8. The van der Waals surface area contributed by atoms with E-state index in [1.54, 1.807) is 7.11 Å². The summed E-state index contributed by atoms with van der Waals surface area (Å²) in [5, 5.41) is 3.51. The number of ether oxygens (including phenoxy) is 1. The van der Waals surface area contributed by atoms with Crippen LogP contribution in [-0.2, 0) is 6.54 Å². The lowest BCUT2D eigenvalue weighted by molar-refractivity contribution is 0.289. The van der Waals surface area contributed by atoms with Gasteiger partial charge in [0, 0.05) is 19.1 Å². The Kier molecular flexibility index (Phi) is 6.76. The maximum atomic E-state index is 5.24. The monoisotopic (exact) mass is 250 g/mol. The highest BCUT2D eigenvalue weighted by Gasteiger charge is 2.06. The number of methoxy groups -OCH3 is 1. The number of benzene rings is 1. The number of hydrogen-bond donors (Lipinski definition) is 1. The van der Waals surface area contributed by atoms with Gasteiger partial charge in [0.25, 0.3) is 0 Å². The van der Waals surface area contributed by atoms with Crippen molar-refractivity contribution >= 4 is 0 Å². The van der Waals surface area contributed by atoms with Crippen LogP contribution in [0.3, 0.4) is 0 Å². The molecular formula is C15H26N2O. The molecule has 0 heterocycles. The van der Waals surface area contributed by atoms with E-state index in [-0.39, 0.29) is 0 Å². The minimum absolute atomic E-state index is 0.528. The molecule has 0 aliphatic rings. The Labute approximate surface area is 111 Å². The summed E-state index contributed by atoms with van der Waals surface area (Å²) in [4.78, 5) is 2.34. The maximum Gasteiger partial charge on any atom is 0.119 e. The Balaban J connectivity index is 2.40. The summed E-state index contributed by atoms with van der Waals surface area (Å²) in [6.07, 6.45) is 1.18. The Morgan fingerprint density at radius 2 is 2.17 bits per heavy atom. The summed E-state index contributed by atoms with van der Waals surface area (Å²) in [5.41, 5.74) is 1.29. The van der Waals surface area contributed by atoms with Crippen LogP contribution in [0.25, 0.3) is 0 Å². The SMILES string of the molecule is CCCNC(C)CN(C)Cc1cccc(OC)c1. The highest BCUT2D eigenvalue weighted by molar-refractivity contribution is 5.28. The average Bonchev–Trinajstić information content (AvgIpc) is 2.36. The van der Waals surface area contributed by atoms with Gasteiger partial charge in [0.05, 0.1) is 7.11 Å². The number of nitrogens with one attached hydrogen (secondary N) is 1. The van der Waals surface area contributed by atoms with Crippen LogP contribution in [0.15, 0.2) is 24.3 Å². The van der Waals surface area contributed by atoms with Crippen molar-refractivity contribution in [2.75, 3.05) is 27.2 Å². The molecular weight excluding hydrogens is 224 g/mol. The van der Waals surface area contributed by atoms with Gasteiger partial charge in [0.15, 0.2) is 0 Å². The van der Waals surface area contributed by atoms with Gasteiger partial charge < -0.3 is 15.0 Å². The predicted octanol–water partition coefficient (Wildman–Crippen LogP) is 2.52. The lowest BCUT2D eigenvalue weighted by Gasteiger charge is -2.22. The summed E-state index contributed by atoms with van der Waals surface area (Å²) < 4.78 is 5.24. The van der Waals surface area contributed by atoms with Crippen LogP contribution in [0.2, 0.25) is 0 Å². The molecule has 0 spiro atoms. The summed E-state index contributed by atoms with van der Waals surface area (Å²) >= 11 is 0. The summed E-state index contributed by atoms with van der Waals surface area (Å²) in [6, 6.07) is 8.79. The van der Waals surface area contributed by atoms with Crippen LogP contribution in [0, 0.1) is 0 Å². The predicted molar refractivity (Wildman–Crippen MR) is 77.1 cm³/mol. The molecule has 0 aromatic heterocycles. The van der Waals surface area contributed by atoms with E-state index in [1.807, 2.05) is 12.1 Å². The lowest BCUT2D eigenvalue weighted by Crippen LogP contribution is -2.37. The van der Waals surface area contributed by atoms with Crippen LogP contribution in [0.1, 0.15) is 25.8 Å². The van der Waals surface area contributed by atoms with Gasteiger partial charge in [-0.2, -0.15) is 0 Å². The largest absolute Gasteiger partial charge is 0.497 e. The fraction of sp³-hybridized carbons (Fsp3) is 0.600. The highest BCUT2D eigenvalue weighted by Crippen LogP contribution is 2.13. The highest BCUT2D eigenvalue weighted by atomic mass is 16.5. The molecule has 1 rings (SSSR count). The Bertz CT molecular complexity index is 341. The van der Waals surface area contributed by atoms with Crippen molar-refractivity contribution in [1.82, 2.24) is 10.2 Å². The van der Waals surface area contributed by atoms with Gasteiger partial charge in [-0.05, 0) is 44.6 Å². The molecule has 18 heavy (non-hydrogen) atoms. The molecule has 3 nitrogen and oxygen atoms in total. The van der Waals surface area contributed by atoms with Gasteiger partial charge >= 0.3 is 0 Å². The van der Waals surface area contributed by atoms with E-state index in [2.05, 4.69) is 43.2 Å². The Hall–Kier alpha value is -1.06. The zero-order valence-corrected chi connectivity index (χ0v) is 12.1. The average molecular weight is 250 g/mol. The molecule has 0 amide bonds. The first-order chi connectivity index (χ1) is 8.65. The van der Waals surface area contributed by atoms with Crippen LogP contribution in [0.4, 0.5) is 0 Å². The lowest BCUT2D eigenvalue weighted by atomic mass is 10.2. The molecule has 102 valence electrons. The normalized spacial score (nSPS) is 12.7. The van der Waals surface area contributed by atoms with Crippen molar-refractivity contribution in [2.24, 2.45) is 0 Å². The molecule has 1 aromatic carbocycles. The number of nitrogens with zero attached hydrogens (tertiary/aromatic N) is 1. The topological polar surface area (TPSA) is 24.5 Å². The molecule has 1 atom stereocenters. The first-order valence-electron chi connectivity index (χ1n) is 6.70. The quantitative estimate of drug-likeness (QED) is 0.767. The molecule has 1 N–H and O–H groups in total. The van der Waals surface area contributed by atoms with Crippen molar-refractivity contribution in [1.29, 1.82) is 0 Å². The van der Waals surface area contributed by atoms with E-state index in [0.29, 0.717) is 6.04 Å². The summed E-state index contributed by atoms with van der Waals surface area (Å²) in [7, 11) is 3.86. The van der Waals surface area contributed by atoms with Crippen LogP contribution >= 0.6 is 0 Å². The second-order valence-corrected chi connectivity index (χ2v) is 4.90. The Morgan fingerprint density at radius 3 is 2.83 bits per heavy atom. The molecule has 1 aromatic rings. The van der Waals surface area contributed by atoms with Crippen molar-refractivity contribution < 1.29 is 4.74 Å². The molecule has 0 aliphatic heterocycles. The summed E-state index contributed by atoms with van der Waals surface area (Å²) in [6.45, 7) is 7.53. The molecule has 3 heteroatoms. The van der Waals surface area contributed by atoms with Crippen molar-refractivity contribution in [3.05, 3.63) is 29.8 Å². The van der Waals surface area contributed by atoms with E-state index in [9.17, 15) is 0 Å². The minimum atomic E-state index is 0.528.